The maximum Gasteiger partial charge on any atom is 0.251 e. The van der Waals surface area contributed by atoms with Crippen molar-refractivity contribution in [3.63, 3.8) is 0 Å². The molecule has 0 spiro atoms. The summed E-state index contributed by atoms with van der Waals surface area (Å²) in [5.41, 5.74) is 1.61. The van der Waals surface area contributed by atoms with E-state index in [0.717, 1.165) is 31.7 Å². The normalized spacial score (nSPS) is 16.1. The number of hydrogen-bond donors (Lipinski definition) is 2. The van der Waals surface area contributed by atoms with E-state index in [1.165, 1.54) is 4.90 Å². The zero-order valence-corrected chi connectivity index (χ0v) is 15.2. The third-order valence-corrected chi connectivity index (χ3v) is 4.85. The summed E-state index contributed by atoms with van der Waals surface area (Å²) in [6, 6.07) is 18.3. The Morgan fingerprint density at radius 1 is 1.00 bits per heavy atom. The maximum absolute atomic E-state index is 13.1. The number of quaternary nitrogens is 1. The molecule has 0 unspecified atom stereocenters. The Morgan fingerprint density at radius 2 is 1.58 bits per heavy atom. The lowest BCUT2D eigenvalue weighted by Gasteiger charge is -2.33. The third-order valence-electron chi connectivity index (χ3n) is 4.85. The quantitative estimate of drug-likeness (QED) is 0.818. The topological polar surface area (TPSA) is 53.9 Å². The number of amides is 2. The number of hydrogen-bond acceptors (Lipinski definition) is 2. The van der Waals surface area contributed by atoms with E-state index in [2.05, 4.69) is 12.4 Å². The van der Waals surface area contributed by atoms with E-state index in [-0.39, 0.29) is 11.8 Å². The number of nitrogens with one attached hydrogen (secondary N) is 2. The van der Waals surface area contributed by atoms with Crippen molar-refractivity contribution in [2.75, 3.05) is 33.2 Å². The molecule has 5 nitrogen and oxygen atoms in total. The summed E-state index contributed by atoms with van der Waals surface area (Å²) in [5.74, 6) is -0.203. The Balaban J connectivity index is 1.75. The number of carbonyl (C=O) groups excluding carboxylic acids is 2. The van der Waals surface area contributed by atoms with E-state index in [1.807, 2.05) is 53.4 Å². The lowest BCUT2D eigenvalue weighted by atomic mass is 10.0. The largest absolute Gasteiger partial charge is 0.340 e. The molecule has 0 radical (unpaired) electrons. The van der Waals surface area contributed by atoms with E-state index < -0.39 is 6.04 Å². The van der Waals surface area contributed by atoms with Crippen LogP contribution >= 0.6 is 0 Å². The van der Waals surface area contributed by atoms with Crippen LogP contribution in [0.25, 0.3) is 0 Å². The molecular weight excluding hydrogens is 326 g/mol. The van der Waals surface area contributed by atoms with Gasteiger partial charge >= 0.3 is 0 Å². The highest BCUT2D eigenvalue weighted by molar-refractivity contribution is 5.97. The minimum absolute atomic E-state index is 0.00522. The number of likely N-dealkylation sites (N-methyl/N-ethyl adjacent to an activating group) is 1. The van der Waals surface area contributed by atoms with Gasteiger partial charge in [-0.3, -0.25) is 9.59 Å². The Hall–Kier alpha value is -2.66. The maximum atomic E-state index is 13.1. The van der Waals surface area contributed by atoms with Gasteiger partial charge in [-0.15, -0.1) is 0 Å². The fourth-order valence-electron chi connectivity index (χ4n) is 3.21. The molecule has 5 heteroatoms. The van der Waals surface area contributed by atoms with E-state index in [4.69, 9.17) is 0 Å². The SMILES string of the molecule is C[NH+]1CCN(C(=O)[C@@H](Cc2ccccc2)NC(=O)c2ccccc2)CC1. The summed E-state index contributed by atoms with van der Waals surface area (Å²) in [6.45, 7) is 3.35. The van der Waals surface area contributed by atoms with Crippen LogP contribution in [0.1, 0.15) is 15.9 Å². The average molecular weight is 352 g/mol. The van der Waals surface area contributed by atoms with Crippen molar-refractivity contribution < 1.29 is 14.5 Å². The van der Waals surface area contributed by atoms with E-state index in [0.29, 0.717) is 12.0 Å². The number of benzene rings is 2. The van der Waals surface area contributed by atoms with Gasteiger partial charge in [0.15, 0.2) is 0 Å². The molecule has 136 valence electrons. The molecular formula is C21H26N3O2+. The number of rotatable bonds is 5. The minimum Gasteiger partial charge on any atom is -0.340 e. The van der Waals surface area contributed by atoms with Gasteiger partial charge in [0.1, 0.15) is 6.04 Å². The highest BCUT2D eigenvalue weighted by atomic mass is 16.2. The van der Waals surface area contributed by atoms with Gasteiger partial charge in [0.25, 0.3) is 5.91 Å². The molecule has 1 saturated heterocycles. The molecule has 0 bridgehead atoms. The van der Waals surface area contributed by atoms with Gasteiger partial charge in [0, 0.05) is 12.0 Å². The molecule has 1 aliphatic heterocycles. The molecule has 1 aliphatic rings. The molecule has 2 N–H and O–H groups in total. The fourth-order valence-corrected chi connectivity index (χ4v) is 3.21. The second-order valence-corrected chi connectivity index (χ2v) is 6.86. The van der Waals surface area contributed by atoms with Crippen LogP contribution in [0.15, 0.2) is 60.7 Å². The average Bonchev–Trinajstić information content (AvgIpc) is 2.69. The third kappa shape index (κ3) is 4.70. The van der Waals surface area contributed by atoms with E-state index in [1.54, 1.807) is 12.1 Å². The lowest BCUT2D eigenvalue weighted by molar-refractivity contribution is -0.883. The van der Waals surface area contributed by atoms with Crippen molar-refractivity contribution in [3.8, 4) is 0 Å². The minimum atomic E-state index is -0.552. The first-order valence-electron chi connectivity index (χ1n) is 9.13. The van der Waals surface area contributed by atoms with Crippen LogP contribution in [0.3, 0.4) is 0 Å². The highest BCUT2D eigenvalue weighted by Crippen LogP contribution is 2.08. The summed E-state index contributed by atoms with van der Waals surface area (Å²) in [6.07, 6.45) is 0.497. The summed E-state index contributed by atoms with van der Waals surface area (Å²) >= 11 is 0. The first-order valence-corrected chi connectivity index (χ1v) is 9.13. The summed E-state index contributed by atoms with van der Waals surface area (Å²) < 4.78 is 0. The predicted octanol–water partition coefficient (Wildman–Crippen LogP) is 0.385. The van der Waals surface area contributed by atoms with Crippen molar-refractivity contribution in [3.05, 3.63) is 71.8 Å². The second kappa shape index (κ2) is 8.63. The molecule has 2 aromatic carbocycles. The predicted molar refractivity (Wildman–Crippen MR) is 101 cm³/mol. The van der Waals surface area contributed by atoms with Gasteiger partial charge in [-0.2, -0.15) is 0 Å². The molecule has 0 aromatic heterocycles. The molecule has 1 atom stereocenters. The Bertz CT molecular complexity index is 725. The number of carbonyl (C=O) groups is 2. The zero-order valence-electron chi connectivity index (χ0n) is 15.2. The van der Waals surface area contributed by atoms with Gasteiger partial charge in [0.05, 0.1) is 33.2 Å². The van der Waals surface area contributed by atoms with Crippen LogP contribution in [0.4, 0.5) is 0 Å². The van der Waals surface area contributed by atoms with Crippen molar-refractivity contribution in [2.24, 2.45) is 0 Å². The molecule has 0 saturated carbocycles. The van der Waals surface area contributed by atoms with Crippen LogP contribution in [-0.2, 0) is 11.2 Å². The van der Waals surface area contributed by atoms with Crippen LogP contribution < -0.4 is 10.2 Å². The fraction of sp³-hybridized carbons (Fsp3) is 0.333. The molecule has 1 fully saturated rings. The van der Waals surface area contributed by atoms with Gasteiger partial charge < -0.3 is 15.1 Å². The summed E-state index contributed by atoms with van der Waals surface area (Å²) in [7, 11) is 2.14. The molecule has 2 amide bonds. The first-order chi connectivity index (χ1) is 12.6. The molecule has 2 aromatic rings. The Labute approximate surface area is 154 Å². The Kier molecular flexibility index (Phi) is 6.02. The number of piperazine rings is 1. The van der Waals surface area contributed by atoms with Crippen molar-refractivity contribution >= 4 is 11.8 Å². The zero-order chi connectivity index (χ0) is 18.4. The van der Waals surface area contributed by atoms with Gasteiger partial charge in [-0.05, 0) is 17.7 Å². The van der Waals surface area contributed by atoms with Gasteiger partial charge in [-0.25, -0.2) is 0 Å². The summed E-state index contributed by atoms with van der Waals surface area (Å²) in [5, 5.41) is 2.95. The van der Waals surface area contributed by atoms with Gasteiger partial charge in [-0.1, -0.05) is 48.5 Å². The number of nitrogens with zero attached hydrogens (tertiary/aromatic N) is 1. The van der Waals surface area contributed by atoms with Crippen LogP contribution in [0.2, 0.25) is 0 Å². The highest BCUT2D eigenvalue weighted by Gasteiger charge is 2.29. The monoisotopic (exact) mass is 352 g/mol. The molecule has 3 rings (SSSR count). The van der Waals surface area contributed by atoms with Crippen LogP contribution in [-0.4, -0.2) is 56.0 Å². The lowest BCUT2D eigenvalue weighted by Crippen LogP contribution is -3.12. The summed E-state index contributed by atoms with van der Waals surface area (Å²) in [4.78, 5) is 29.0. The molecule has 26 heavy (non-hydrogen) atoms. The molecule has 0 aliphatic carbocycles. The first kappa shape index (κ1) is 18.1. The van der Waals surface area contributed by atoms with Crippen LogP contribution in [0.5, 0.6) is 0 Å². The smallest absolute Gasteiger partial charge is 0.251 e. The second-order valence-electron chi connectivity index (χ2n) is 6.86. The Morgan fingerprint density at radius 3 is 2.19 bits per heavy atom. The van der Waals surface area contributed by atoms with Crippen molar-refractivity contribution in [2.45, 2.75) is 12.5 Å². The van der Waals surface area contributed by atoms with E-state index >= 15 is 0 Å². The van der Waals surface area contributed by atoms with Crippen molar-refractivity contribution in [1.82, 2.24) is 10.2 Å². The van der Waals surface area contributed by atoms with Gasteiger partial charge in [0.2, 0.25) is 5.91 Å². The van der Waals surface area contributed by atoms with E-state index in [9.17, 15) is 9.59 Å². The van der Waals surface area contributed by atoms with Crippen molar-refractivity contribution in [1.29, 1.82) is 0 Å². The molecule has 1 heterocycles. The van der Waals surface area contributed by atoms with Crippen LogP contribution in [0, 0.1) is 0 Å². The standard InChI is InChI=1S/C21H25N3O2/c1-23-12-14-24(15-13-23)21(26)19(16-17-8-4-2-5-9-17)22-20(25)18-10-6-3-7-11-18/h2-11,19H,12-16H2,1H3,(H,22,25)/p+1/t19-/m1/s1.